The van der Waals surface area contributed by atoms with Gasteiger partial charge in [0.1, 0.15) is 0 Å². The molecule has 27 heavy (non-hydrogen) atoms. The fourth-order valence-corrected chi connectivity index (χ4v) is 5.13. The van der Waals surface area contributed by atoms with Gasteiger partial charge in [-0.05, 0) is 54.9 Å². The van der Waals surface area contributed by atoms with Crippen LogP contribution in [0.1, 0.15) is 30.5 Å². The molecule has 5 atom stereocenters. The molecule has 4 rings (SSSR count). The van der Waals surface area contributed by atoms with Crippen molar-refractivity contribution in [2.75, 3.05) is 20.8 Å². The number of rotatable bonds is 4. The van der Waals surface area contributed by atoms with E-state index in [0.29, 0.717) is 18.0 Å². The molecule has 0 radical (unpaired) electrons. The smallest absolute Gasteiger partial charge is 0.307 e. The van der Waals surface area contributed by atoms with Crippen LogP contribution in [0.2, 0.25) is 0 Å². The third-order valence-corrected chi connectivity index (χ3v) is 6.50. The average molecular weight is 371 g/mol. The molecule has 0 unspecified atom stereocenters. The summed E-state index contributed by atoms with van der Waals surface area (Å²) < 4.78 is 10.8. The van der Waals surface area contributed by atoms with Crippen molar-refractivity contribution in [1.29, 1.82) is 0 Å². The van der Waals surface area contributed by atoms with Crippen LogP contribution in [0.25, 0.3) is 0 Å². The van der Waals surface area contributed by atoms with E-state index in [1.165, 1.54) is 0 Å². The van der Waals surface area contributed by atoms with Gasteiger partial charge < -0.3 is 19.5 Å². The van der Waals surface area contributed by atoms with Crippen LogP contribution in [0.15, 0.2) is 24.3 Å². The Balaban J connectivity index is 1.64. The molecular formula is C21H25NO5. The number of carboxylic acids is 1. The Morgan fingerprint density at radius 3 is 2.33 bits per heavy atom. The number of carboxylic acid groups (broad SMARTS) is 1. The largest absolute Gasteiger partial charge is 0.493 e. The minimum absolute atomic E-state index is 0.0156. The van der Waals surface area contributed by atoms with Crippen molar-refractivity contribution < 1.29 is 24.2 Å². The van der Waals surface area contributed by atoms with E-state index in [1.54, 1.807) is 14.2 Å². The molecule has 0 saturated heterocycles. The summed E-state index contributed by atoms with van der Waals surface area (Å²) in [6.07, 6.45) is 5.50. The number of carbonyl (C=O) groups is 2. The van der Waals surface area contributed by atoms with Gasteiger partial charge >= 0.3 is 5.97 Å². The first-order valence-electron chi connectivity index (χ1n) is 9.42. The summed E-state index contributed by atoms with van der Waals surface area (Å²) in [7, 11) is 3.21. The molecule has 1 aromatic rings. The van der Waals surface area contributed by atoms with Crippen molar-refractivity contribution in [2.45, 2.75) is 25.8 Å². The summed E-state index contributed by atoms with van der Waals surface area (Å²) in [5.74, 6) is -0.598. The monoisotopic (exact) mass is 371 g/mol. The second kappa shape index (κ2) is 6.59. The number of benzene rings is 1. The molecule has 1 fully saturated rings. The molecule has 2 aliphatic carbocycles. The van der Waals surface area contributed by atoms with Gasteiger partial charge in [0.15, 0.2) is 11.5 Å². The number of ether oxygens (including phenoxy) is 2. The lowest BCUT2D eigenvalue weighted by molar-refractivity contribution is -0.152. The molecule has 1 amide bonds. The fourth-order valence-electron chi connectivity index (χ4n) is 5.13. The zero-order valence-electron chi connectivity index (χ0n) is 15.8. The Bertz CT molecular complexity index is 817. The zero-order chi connectivity index (χ0) is 19.3. The first-order valence-corrected chi connectivity index (χ1v) is 9.42. The van der Waals surface area contributed by atoms with Crippen LogP contribution < -0.4 is 9.47 Å². The fraction of sp³-hybridized carbons (Fsp3) is 0.524. The number of carbonyl (C=O) groups excluding carboxylic acids is 1. The number of hydrogen-bond donors (Lipinski definition) is 1. The van der Waals surface area contributed by atoms with Crippen LogP contribution in [-0.2, 0) is 16.0 Å². The third kappa shape index (κ3) is 2.69. The maximum Gasteiger partial charge on any atom is 0.307 e. The van der Waals surface area contributed by atoms with Gasteiger partial charge in [0, 0.05) is 6.54 Å². The second-order valence-corrected chi connectivity index (χ2v) is 7.70. The highest BCUT2D eigenvalue weighted by Crippen LogP contribution is 2.50. The van der Waals surface area contributed by atoms with Crippen LogP contribution in [0.3, 0.4) is 0 Å². The van der Waals surface area contributed by atoms with Gasteiger partial charge in [0.25, 0.3) is 0 Å². The van der Waals surface area contributed by atoms with Gasteiger partial charge in [-0.3, -0.25) is 9.59 Å². The Labute approximate surface area is 158 Å². The number of allylic oxidation sites excluding steroid dienone is 2. The predicted molar refractivity (Wildman–Crippen MR) is 98.7 cm³/mol. The summed E-state index contributed by atoms with van der Waals surface area (Å²) in [6, 6.07) is 3.79. The SMILES string of the molecule is COc1cc2c(cc1OC)[C@@H](C)N(C(=O)[C@@H]1[C@H](C(=O)O)[C@H]3C=C[C@@H]1C3)CC2. The van der Waals surface area contributed by atoms with Gasteiger partial charge in [-0.15, -0.1) is 0 Å². The minimum Gasteiger partial charge on any atom is -0.493 e. The first-order chi connectivity index (χ1) is 13.0. The molecule has 2 bridgehead atoms. The van der Waals surface area contributed by atoms with Crippen LogP contribution in [0, 0.1) is 23.7 Å². The van der Waals surface area contributed by atoms with E-state index in [4.69, 9.17) is 9.47 Å². The lowest BCUT2D eigenvalue weighted by Gasteiger charge is -2.39. The average Bonchev–Trinajstić information content (AvgIpc) is 3.28. The van der Waals surface area contributed by atoms with Gasteiger partial charge in [-0.2, -0.15) is 0 Å². The standard InChI is InChI=1S/C21H25NO5/c1-11-15-10-17(27-3)16(26-2)9-12(15)6-7-22(11)20(23)18-13-4-5-14(8-13)19(18)21(24)25/h4-5,9-11,13-14,18-19H,6-8H2,1-3H3,(H,24,25)/t11-,13-,14+,18+,19-/m1/s1. The van der Waals surface area contributed by atoms with E-state index < -0.39 is 17.8 Å². The summed E-state index contributed by atoms with van der Waals surface area (Å²) in [6.45, 7) is 2.59. The Morgan fingerprint density at radius 2 is 1.70 bits per heavy atom. The third-order valence-electron chi connectivity index (χ3n) is 6.50. The Hall–Kier alpha value is -2.50. The lowest BCUT2D eigenvalue weighted by atomic mass is 9.81. The molecule has 0 aromatic heterocycles. The van der Waals surface area contributed by atoms with E-state index in [0.717, 1.165) is 24.0 Å². The number of fused-ring (bicyclic) bond motifs is 3. The van der Waals surface area contributed by atoms with Crippen LogP contribution >= 0.6 is 0 Å². The normalized spacial score (nSPS) is 30.9. The van der Waals surface area contributed by atoms with E-state index in [2.05, 4.69) is 0 Å². The summed E-state index contributed by atoms with van der Waals surface area (Å²) in [5, 5.41) is 9.67. The highest BCUT2D eigenvalue weighted by molar-refractivity contribution is 5.87. The van der Waals surface area contributed by atoms with Crippen LogP contribution in [-0.4, -0.2) is 42.6 Å². The molecule has 1 N–H and O–H groups in total. The van der Waals surface area contributed by atoms with E-state index in [9.17, 15) is 14.7 Å². The molecule has 144 valence electrons. The molecule has 0 spiro atoms. The number of amides is 1. The van der Waals surface area contributed by atoms with Gasteiger partial charge in [-0.1, -0.05) is 12.2 Å². The number of nitrogens with zero attached hydrogens (tertiary/aromatic N) is 1. The molecule has 6 heteroatoms. The van der Waals surface area contributed by atoms with Crippen molar-refractivity contribution in [3.8, 4) is 11.5 Å². The first kappa shape index (κ1) is 17.9. The Morgan fingerprint density at radius 1 is 1.07 bits per heavy atom. The minimum atomic E-state index is -0.860. The van der Waals surface area contributed by atoms with E-state index in [1.807, 2.05) is 36.1 Å². The zero-order valence-corrected chi connectivity index (χ0v) is 15.8. The summed E-state index contributed by atoms with van der Waals surface area (Å²) in [5.41, 5.74) is 2.18. The topological polar surface area (TPSA) is 76.1 Å². The second-order valence-electron chi connectivity index (χ2n) is 7.70. The van der Waals surface area contributed by atoms with Crippen molar-refractivity contribution in [1.82, 2.24) is 4.90 Å². The molecule has 6 nitrogen and oxygen atoms in total. The summed E-state index contributed by atoms with van der Waals surface area (Å²) >= 11 is 0. The maximum atomic E-state index is 13.4. The molecular weight excluding hydrogens is 346 g/mol. The lowest BCUT2D eigenvalue weighted by Crippen LogP contribution is -2.46. The van der Waals surface area contributed by atoms with Crippen LogP contribution in [0.5, 0.6) is 11.5 Å². The molecule has 3 aliphatic rings. The quantitative estimate of drug-likeness (QED) is 0.824. The number of hydrogen-bond acceptors (Lipinski definition) is 4. The molecule has 1 aromatic carbocycles. The van der Waals surface area contributed by atoms with Crippen molar-refractivity contribution >= 4 is 11.9 Å². The maximum absolute atomic E-state index is 13.4. The Kier molecular flexibility index (Phi) is 4.36. The van der Waals surface area contributed by atoms with Gasteiger partial charge in [0.2, 0.25) is 5.91 Å². The van der Waals surface area contributed by atoms with Gasteiger partial charge in [0.05, 0.1) is 32.1 Å². The number of aliphatic carboxylic acids is 1. The van der Waals surface area contributed by atoms with E-state index in [-0.39, 0.29) is 23.8 Å². The molecule has 1 aliphatic heterocycles. The van der Waals surface area contributed by atoms with E-state index >= 15 is 0 Å². The van der Waals surface area contributed by atoms with Crippen LogP contribution in [0.4, 0.5) is 0 Å². The van der Waals surface area contributed by atoms with Crippen molar-refractivity contribution in [2.24, 2.45) is 23.7 Å². The van der Waals surface area contributed by atoms with Crippen molar-refractivity contribution in [3.05, 3.63) is 35.4 Å². The number of methoxy groups -OCH3 is 2. The highest BCUT2D eigenvalue weighted by atomic mass is 16.5. The van der Waals surface area contributed by atoms with Gasteiger partial charge in [-0.25, -0.2) is 0 Å². The summed E-state index contributed by atoms with van der Waals surface area (Å²) in [4.78, 5) is 27.0. The van der Waals surface area contributed by atoms with Crippen molar-refractivity contribution in [3.63, 3.8) is 0 Å². The molecule has 1 saturated carbocycles. The highest BCUT2D eigenvalue weighted by Gasteiger charge is 2.53. The molecule has 1 heterocycles. The predicted octanol–water partition coefficient (Wildman–Crippen LogP) is 2.67.